The van der Waals surface area contributed by atoms with Crippen molar-refractivity contribution in [2.75, 3.05) is 38.0 Å². The van der Waals surface area contributed by atoms with Crippen LogP contribution in [0.4, 0.5) is 11.6 Å². The Kier molecular flexibility index (Phi) is 7.69. The van der Waals surface area contributed by atoms with E-state index >= 15 is 0 Å². The van der Waals surface area contributed by atoms with Crippen LogP contribution in [0.25, 0.3) is 5.57 Å². The molecule has 8 nitrogen and oxygen atoms in total. The quantitative estimate of drug-likeness (QED) is 0.421. The Balaban J connectivity index is 2.74. The summed E-state index contributed by atoms with van der Waals surface area (Å²) in [6, 6.07) is 14.2. The third-order valence-electron chi connectivity index (χ3n) is 4.23. The number of rotatable bonds is 4. The molecule has 0 bridgehead atoms. The lowest BCUT2D eigenvalue weighted by atomic mass is 9.91. The topological polar surface area (TPSA) is 127 Å². The van der Waals surface area contributed by atoms with Gasteiger partial charge in [-0.3, -0.25) is 0 Å². The van der Waals surface area contributed by atoms with E-state index in [1.54, 1.807) is 35.4 Å². The van der Waals surface area contributed by atoms with Gasteiger partial charge in [0.1, 0.15) is 47.1 Å². The van der Waals surface area contributed by atoms with Crippen LogP contribution in [0.1, 0.15) is 11.1 Å². The Morgan fingerprint density at radius 1 is 0.719 bits per heavy atom. The van der Waals surface area contributed by atoms with Crippen LogP contribution in [-0.2, 0) is 0 Å². The molecule has 0 fully saturated rings. The minimum atomic E-state index is -0.315. The molecule has 0 spiro atoms. The Bertz CT molecular complexity index is 1260. The molecule has 0 aliphatic rings. The molecule has 0 saturated carbocycles. The number of allylic oxidation sites excluding steroid dienone is 4. The van der Waals surface area contributed by atoms with Gasteiger partial charge < -0.3 is 9.80 Å². The monoisotopic (exact) mass is 418 g/mol. The smallest absolute Gasteiger partial charge is 0.145 e. The van der Waals surface area contributed by atoms with Gasteiger partial charge in [-0.2, -0.15) is 21.0 Å². The lowest BCUT2D eigenvalue weighted by Crippen LogP contribution is -2.10. The van der Waals surface area contributed by atoms with Crippen molar-refractivity contribution in [3.8, 4) is 36.1 Å². The summed E-state index contributed by atoms with van der Waals surface area (Å²) in [5.41, 5.74) is 0.393. The van der Waals surface area contributed by atoms with E-state index in [0.717, 1.165) is 5.82 Å². The molecule has 0 aliphatic carbocycles. The summed E-state index contributed by atoms with van der Waals surface area (Å²) < 4.78 is 0. The zero-order valence-electron chi connectivity index (χ0n) is 18.0. The number of nitriles is 4. The fraction of sp³-hybridized carbons (Fsp3) is 0.167. The highest BCUT2D eigenvalue weighted by atomic mass is 15.1. The van der Waals surface area contributed by atoms with Crippen LogP contribution < -0.4 is 9.80 Å². The summed E-state index contributed by atoms with van der Waals surface area (Å²) in [6.45, 7) is 0. The zero-order valence-corrected chi connectivity index (χ0v) is 18.0. The number of pyridine rings is 2. The Morgan fingerprint density at radius 3 is 1.66 bits per heavy atom. The molecular weight excluding hydrogens is 400 g/mol. The Morgan fingerprint density at radius 2 is 1.25 bits per heavy atom. The molecule has 2 aromatic rings. The Hall–Kier alpha value is -5.10. The van der Waals surface area contributed by atoms with Crippen molar-refractivity contribution in [3.63, 3.8) is 0 Å². The largest absolute Gasteiger partial charge is 0.363 e. The van der Waals surface area contributed by atoms with E-state index in [0.29, 0.717) is 16.9 Å². The van der Waals surface area contributed by atoms with Gasteiger partial charge in [-0.15, -0.1) is 0 Å². The summed E-state index contributed by atoms with van der Waals surface area (Å²) in [7, 11) is 7.37. The van der Waals surface area contributed by atoms with Gasteiger partial charge in [-0.25, -0.2) is 9.97 Å². The summed E-state index contributed by atoms with van der Waals surface area (Å²) in [5.74, 6) is 7.08. The maximum Gasteiger partial charge on any atom is 0.145 e. The van der Waals surface area contributed by atoms with Gasteiger partial charge in [0.2, 0.25) is 0 Å². The Labute approximate surface area is 187 Å². The second kappa shape index (κ2) is 10.6. The molecule has 0 aromatic carbocycles. The normalized spacial score (nSPS) is 8.88. The van der Waals surface area contributed by atoms with E-state index in [4.69, 9.17) is 0 Å². The fourth-order valence-electron chi connectivity index (χ4n) is 2.59. The van der Waals surface area contributed by atoms with E-state index in [9.17, 15) is 21.0 Å². The number of hydrogen-bond acceptors (Lipinski definition) is 8. The van der Waals surface area contributed by atoms with Gasteiger partial charge in [0.25, 0.3) is 0 Å². The molecule has 8 heteroatoms. The second-order valence-corrected chi connectivity index (χ2v) is 6.80. The zero-order chi connectivity index (χ0) is 23.7. The summed E-state index contributed by atoms with van der Waals surface area (Å²) in [6.07, 6.45) is 3.03. The summed E-state index contributed by atoms with van der Waals surface area (Å²) in [4.78, 5) is 12.2. The molecule has 32 heavy (non-hydrogen) atoms. The average Bonchev–Trinajstić information content (AvgIpc) is 2.81. The van der Waals surface area contributed by atoms with Crippen LogP contribution in [0.5, 0.6) is 0 Å². The highest BCUT2D eigenvalue weighted by molar-refractivity contribution is 5.92. The maximum absolute atomic E-state index is 9.53. The second-order valence-electron chi connectivity index (χ2n) is 6.80. The van der Waals surface area contributed by atoms with Crippen molar-refractivity contribution < 1.29 is 0 Å². The molecule has 2 rings (SSSR count). The van der Waals surface area contributed by atoms with Gasteiger partial charge >= 0.3 is 0 Å². The van der Waals surface area contributed by atoms with E-state index in [1.807, 2.05) is 57.4 Å². The molecule has 2 aromatic heterocycles. The van der Waals surface area contributed by atoms with E-state index in [1.165, 1.54) is 6.20 Å². The van der Waals surface area contributed by atoms with E-state index < -0.39 is 0 Å². The third-order valence-corrected chi connectivity index (χ3v) is 4.23. The number of anilines is 2. The molecule has 154 valence electrons. The number of aromatic nitrogens is 2. The first-order valence-corrected chi connectivity index (χ1v) is 9.24. The lowest BCUT2D eigenvalue weighted by molar-refractivity contribution is 1.07. The molecule has 0 radical (unpaired) electrons. The van der Waals surface area contributed by atoms with Crippen LogP contribution in [0.3, 0.4) is 0 Å². The van der Waals surface area contributed by atoms with Gasteiger partial charge in [0.15, 0.2) is 0 Å². The van der Waals surface area contributed by atoms with Crippen molar-refractivity contribution in [2.45, 2.75) is 0 Å². The molecule has 2 heterocycles. The van der Waals surface area contributed by atoms with Crippen molar-refractivity contribution in [1.82, 2.24) is 9.97 Å². The highest BCUT2D eigenvalue weighted by Crippen LogP contribution is 2.29. The summed E-state index contributed by atoms with van der Waals surface area (Å²) in [5, 5.41) is 38.1. The van der Waals surface area contributed by atoms with Gasteiger partial charge in [0.05, 0.1) is 5.57 Å². The first-order chi connectivity index (χ1) is 15.4. The fourth-order valence-corrected chi connectivity index (χ4v) is 2.59. The van der Waals surface area contributed by atoms with Crippen molar-refractivity contribution in [3.05, 3.63) is 64.5 Å². The first-order valence-electron chi connectivity index (χ1n) is 9.24. The number of nitrogens with zero attached hydrogens (tertiary/aromatic N) is 8. The molecule has 0 amide bonds. The van der Waals surface area contributed by atoms with E-state index in [2.05, 4.69) is 21.8 Å². The molecular formula is C24H18N8. The number of hydrogen-bond donors (Lipinski definition) is 0. The molecule has 0 saturated heterocycles. The van der Waals surface area contributed by atoms with Gasteiger partial charge in [-0.1, -0.05) is 11.8 Å². The molecule has 0 unspecified atom stereocenters. The average molecular weight is 418 g/mol. The highest BCUT2D eigenvalue weighted by Gasteiger charge is 2.18. The molecule has 0 N–H and O–H groups in total. The van der Waals surface area contributed by atoms with Crippen LogP contribution in [-0.4, -0.2) is 38.2 Å². The molecule has 0 aliphatic heterocycles. The third kappa shape index (κ3) is 5.28. The van der Waals surface area contributed by atoms with Gasteiger partial charge in [0, 0.05) is 57.3 Å². The predicted molar refractivity (Wildman–Crippen MR) is 120 cm³/mol. The lowest BCUT2D eigenvalue weighted by Gasteiger charge is -2.13. The minimum absolute atomic E-state index is 0.0239. The van der Waals surface area contributed by atoms with Crippen LogP contribution in [0.2, 0.25) is 0 Å². The van der Waals surface area contributed by atoms with Crippen molar-refractivity contribution >= 4 is 17.2 Å². The minimum Gasteiger partial charge on any atom is -0.363 e. The first kappa shape index (κ1) is 23.2. The van der Waals surface area contributed by atoms with Crippen molar-refractivity contribution in [1.29, 1.82) is 21.0 Å². The predicted octanol–water partition coefficient (Wildman–Crippen LogP) is 2.80. The van der Waals surface area contributed by atoms with Crippen molar-refractivity contribution in [2.24, 2.45) is 0 Å². The van der Waals surface area contributed by atoms with Crippen LogP contribution in [0, 0.1) is 57.2 Å². The van der Waals surface area contributed by atoms with Crippen LogP contribution in [0.15, 0.2) is 53.4 Å². The maximum atomic E-state index is 9.53. The standard InChI is InChI=1S/C24H18N8/c1-31(2)22-9-6-17(15-29-22)5-8-21(19(11-25)12-26)24(20(13-27)14-28)18-7-10-23(30-16-18)32(3)4/h6-7,9-10,15-16H,1-4H3. The van der Waals surface area contributed by atoms with Crippen LogP contribution >= 0.6 is 0 Å². The van der Waals surface area contributed by atoms with E-state index in [-0.39, 0.29) is 22.3 Å². The molecule has 0 atom stereocenters. The SMILES string of the molecule is CN(C)c1ccc(C#CC(=C(C#N)C#N)C(=C(C#N)C#N)c2ccc(N(C)C)nc2)cn1. The summed E-state index contributed by atoms with van der Waals surface area (Å²) >= 11 is 0. The van der Waals surface area contributed by atoms with Gasteiger partial charge in [-0.05, 0) is 24.3 Å².